The van der Waals surface area contributed by atoms with Gasteiger partial charge in [-0.25, -0.2) is 9.97 Å². The highest BCUT2D eigenvalue weighted by Gasteiger charge is 2.09. The minimum Gasteiger partial charge on any atom is -0.508 e. The molecular weight excluding hydrogens is 338 g/mol. The van der Waals surface area contributed by atoms with Crippen molar-refractivity contribution in [3.63, 3.8) is 0 Å². The number of anilines is 2. The molecule has 130 valence electrons. The second-order valence-corrected chi connectivity index (χ2v) is 6.27. The maximum atomic E-state index is 9.77. The molecule has 6 heteroatoms. The van der Waals surface area contributed by atoms with Crippen LogP contribution in [-0.2, 0) is 0 Å². The van der Waals surface area contributed by atoms with Crippen molar-refractivity contribution in [1.29, 1.82) is 0 Å². The van der Waals surface area contributed by atoms with E-state index >= 15 is 0 Å². The molecule has 0 bridgehead atoms. The summed E-state index contributed by atoms with van der Waals surface area (Å²) in [6, 6.07) is 19.1. The Morgan fingerprint density at radius 1 is 0.852 bits per heavy atom. The number of H-pyrrole nitrogens is 1. The molecule has 0 aliphatic rings. The molecule has 27 heavy (non-hydrogen) atoms. The molecule has 6 nitrogen and oxygen atoms in total. The van der Waals surface area contributed by atoms with Crippen LogP contribution in [0.15, 0.2) is 73.2 Å². The van der Waals surface area contributed by atoms with Crippen molar-refractivity contribution in [3.8, 4) is 16.9 Å². The third-order valence-electron chi connectivity index (χ3n) is 4.55. The Morgan fingerprint density at radius 3 is 2.67 bits per heavy atom. The van der Waals surface area contributed by atoms with E-state index in [4.69, 9.17) is 0 Å². The van der Waals surface area contributed by atoms with E-state index in [9.17, 15) is 5.11 Å². The molecule has 0 spiro atoms. The minimum absolute atomic E-state index is 0.238. The predicted octanol–water partition coefficient (Wildman–Crippen LogP) is 4.62. The van der Waals surface area contributed by atoms with Gasteiger partial charge in [0, 0.05) is 10.8 Å². The van der Waals surface area contributed by atoms with E-state index in [1.54, 1.807) is 24.7 Å². The van der Waals surface area contributed by atoms with Crippen LogP contribution in [0, 0.1) is 0 Å². The molecule has 0 atom stereocenters. The molecule has 5 aromatic rings. The molecule has 0 unspecified atom stereocenters. The predicted molar refractivity (Wildman–Crippen MR) is 106 cm³/mol. The molecular formula is C21H15N5O. The number of aromatic nitrogens is 4. The summed E-state index contributed by atoms with van der Waals surface area (Å²) < 4.78 is 0. The fraction of sp³-hybridized carbons (Fsp3) is 0. The first-order chi connectivity index (χ1) is 13.3. The fourth-order valence-corrected chi connectivity index (χ4v) is 3.23. The van der Waals surface area contributed by atoms with Gasteiger partial charge in [0.25, 0.3) is 0 Å². The SMILES string of the molecule is Oc1cccc(-c2ccc3ncnc(Nc4cccc5[nH]ncc45)c3c2)c1. The number of nitrogens with zero attached hydrogens (tertiary/aromatic N) is 3. The monoisotopic (exact) mass is 353 g/mol. The maximum Gasteiger partial charge on any atom is 0.141 e. The van der Waals surface area contributed by atoms with Crippen molar-refractivity contribution in [3.05, 3.63) is 73.2 Å². The zero-order valence-electron chi connectivity index (χ0n) is 14.2. The van der Waals surface area contributed by atoms with Crippen LogP contribution in [0.2, 0.25) is 0 Å². The maximum absolute atomic E-state index is 9.77. The molecule has 0 radical (unpaired) electrons. The number of hydrogen-bond acceptors (Lipinski definition) is 5. The summed E-state index contributed by atoms with van der Waals surface area (Å²) in [6.45, 7) is 0. The molecule has 3 N–H and O–H groups in total. The average molecular weight is 353 g/mol. The van der Waals surface area contributed by atoms with Gasteiger partial charge in [0.1, 0.15) is 17.9 Å². The quantitative estimate of drug-likeness (QED) is 0.440. The summed E-state index contributed by atoms with van der Waals surface area (Å²) >= 11 is 0. The summed E-state index contributed by atoms with van der Waals surface area (Å²) in [4.78, 5) is 8.81. The summed E-state index contributed by atoms with van der Waals surface area (Å²) in [6.07, 6.45) is 3.34. The van der Waals surface area contributed by atoms with Crippen molar-refractivity contribution in [2.24, 2.45) is 0 Å². The van der Waals surface area contributed by atoms with Crippen molar-refractivity contribution in [2.45, 2.75) is 0 Å². The molecule has 0 saturated heterocycles. The molecule has 0 amide bonds. The molecule has 2 aromatic heterocycles. The molecule has 0 aliphatic heterocycles. The Kier molecular flexibility index (Phi) is 3.47. The summed E-state index contributed by atoms with van der Waals surface area (Å²) in [5, 5.41) is 22.2. The van der Waals surface area contributed by atoms with Crippen LogP contribution in [0.4, 0.5) is 11.5 Å². The Balaban J connectivity index is 1.64. The highest BCUT2D eigenvalue weighted by molar-refractivity contribution is 5.98. The summed E-state index contributed by atoms with van der Waals surface area (Å²) in [7, 11) is 0. The van der Waals surface area contributed by atoms with Gasteiger partial charge in [0.15, 0.2) is 0 Å². The van der Waals surface area contributed by atoms with Gasteiger partial charge in [0.05, 0.1) is 22.9 Å². The largest absolute Gasteiger partial charge is 0.508 e. The Hall–Kier alpha value is -3.93. The highest BCUT2D eigenvalue weighted by Crippen LogP contribution is 2.31. The van der Waals surface area contributed by atoms with Gasteiger partial charge < -0.3 is 10.4 Å². The van der Waals surface area contributed by atoms with E-state index in [2.05, 4.69) is 25.5 Å². The number of benzene rings is 3. The van der Waals surface area contributed by atoms with Gasteiger partial charge in [0.2, 0.25) is 0 Å². The number of aromatic amines is 1. The molecule has 0 saturated carbocycles. The lowest BCUT2D eigenvalue weighted by Crippen LogP contribution is -1.96. The van der Waals surface area contributed by atoms with E-state index in [1.807, 2.05) is 48.5 Å². The Bertz CT molecular complexity index is 1280. The fourth-order valence-electron chi connectivity index (χ4n) is 3.23. The number of nitrogens with one attached hydrogen (secondary N) is 2. The average Bonchev–Trinajstić information content (AvgIpc) is 3.18. The van der Waals surface area contributed by atoms with Crippen LogP contribution in [0.1, 0.15) is 0 Å². The third-order valence-corrected chi connectivity index (χ3v) is 4.55. The van der Waals surface area contributed by atoms with Crippen LogP contribution in [0.25, 0.3) is 32.9 Å². The van der Waals surface area contributed by atoms with Crippen molar-refractivity contribution >= 4 is 33.3 Å². The van der Waals surface area contributed by atoms with Crippen molar-refractivity contribution in [1.82, 2.24) is 20.2 Å². The lowest BCUT2D eigenvalue weighted by Gasteiger charge is -2.11. The standard InChI is InChI=1S/C21H15N5O/c27-15-4-1-3-13(9-15)14-7-8-18-16(10-14)21(23-12-22-18)25-19-5-2-6-20-17(19)11-24-26-20/h1-12,27H,(H,24,26)(H,22,23,25). The van der Waals surface area contributed by atoms with Crippen LogP contribution in [0.5, 0.6) is 5.75 Å². The minimum atomic E-state index is 0.238. The molecule has 0 aliphatic carbocycles. The zero-order chi connectivity index (χ0) is 18.2. The van der Waals surface area contributed by atoms with Gasteiger partial charge >= 0.3 is 0 Å². The van der Waals surface area contributed by atoms with Gasteiger partial charge in [-0.2, -0.15) is 5.10 Å². The van der Waals surface area contributed by atoms with Gasteiger partial charge in [-0.1, -0.05) is 24.3 Å². The number of hydrogen-bond donors (Lipinski definition) is 3. The van der Waals surface area contributed by atoms with Crippen LogP contribution in [-0.4, -0.2) is 25.3 Å². The first-order valence-electron chi connectivity index (χ1n) is 8.51. The molecule has 3 aromatic carbocycles. The van der Waals surface area contributed by atoms with Gasteiger partial charge in [-0.15, -0.1) is 0 Å². The van der Waals surface area contributed by atoms with Crippen LogP contribution < -0.4 is 5.32 Å². The Morgan fingerprint density at radius 2 is 1.74 bits per heavy atom. The first kappa shape index (κ1) is 15.3. The van der Waals surface area contributed by atoms with E-state index in [-0.39, 0.29) is 5.75 Å². The lowest BCUT2D eigenvalue weighted by molar-refractivity contribution is 0.475. The number of phenols is 1. The summed E-state index contributed by atoms with van der Waals surface area (Å²) in [5.41, 5.74) is 4.64. The second kappa shape index (κ2) is 6.10. The zero-order valence-corrected chi connectivity index (χ0v) is 14.2. The molecule has 5 rings (SSSR count). The van der Waals surface area contributed by atoms with Crippen molar-refractivity contribution < 1.29 is 5.11 Å². The number of phenolic OH excluding ortho intramolecular Hbond substituents is 1. The summed E-state index contributed by atoms with van der Waals surface area (Å²) in [5.74, 6) is 0.956. The lowest BCUT2D eigenvalue weighted by atomic mass is 10.0. The number of aromatic hydroxyl groups is 1. The third kappa shape index (κ3) is 2.73. The smallest absolute Gasteiger partial charge is 0.141 e. The van der Waals surface area contributed by atoms with E-state index in [0.29, 0.717) is 0 Å². The highest BCUT2D eigenvalue weighted by atomic mass is 16.3. The van der Waals surface area contributed by atoms with Crippen LogP contribution in [0.3, 0.4) is 0 Å². The normalized spacial score (nSPS) is 11.1. The van der Waals surface area contributed by atoms with E-state index in [1.165, 1.54) is 0 Å². The van der Waals surface area contributed by atoms with Gasteiger partial charge in [-0.05, 0) is 47.5 Å². The van der Waals surface area contributed by atoms with E-state index in [0.717, 1.165) is 44.4 Å². The number of rotatable bonds is 3. The topological polar surface area (TPSA) is 86.7 Å². The second-order valence-electron chi connectivity index (χ2n) is 6.27. The Labute approximate surface area is 154 Å². The molecule has 2 heterocycles. The molecule has 0 fully saturated rings. The van der Waals surface area contributed by atoms with Crippen molar-refractivity contribution in [2.75, 3.05) is 5.32 Å². The van der Waals surface area contributed by atoms with Crippen LogP contribution >= 0.6 is 0 Å². The van der Waals surface area contributed by atoms with Gasteiger partial charge in [-0.3, -0.25) is 5.10 Å². The first-order valence-corrected chi connectivity index (χ1v) is 8.51. The number of fused-ring (bicyclic) bond motifs is 2. The van der Waals surface area contributed by atoms with E-state index < -0.39 is 0 Å².